The summed E-state index contributed by atoms with van der Waals surface area (Å²) in [6.07, 6.45) is 7.56. The van der Waals surface area contributed by atoms with E-state index in [2.05, 4.69) is 47.0 Å². The summed E-state index contributed by atoms with van der Waals surface area (Å²) in [5.41, 5.74) is 1.32. The van der Waals surface area contributed by atoms with Gasteiger partial charge >= 0.3 is 0 Å². The van der Waals surface area contributed by atoms with Gasteiger partial charge in [-0.2, -0.15) is 0 Å². The van der Waals surface area contributed by atoms with Gasteiger partial charge in [0, 0.05) is 29.7 Å². The molecule has 1 fully saturated rings. The van der Waals surface area contributed by atoms with Crippen LogP contribution in [-0.4, -0.2) is 35.7 Å². The van der Waals surface area contributed by atoms with Crippen molar-refractivity contribution < 1.29 is 4.74 Å². The normalized spacial score (nSPS) is 20.0. The largest absolute Gasteiger partial charge is 0.494 e. The van der Waals surface area contributed by atoms with Gasteiger partial charge in [0.1, 0.15) is 5.75 Å². The smallest absolute Gasteiger partial charge is 0.120 e. The highest BCUT2D eigenvalue weighted by Gasteiger charge is 2.18. The maximum absolute atomic E-state index is 5.58. The van der Waals surface area contributed by atoms with Gasteiger partial charge in [-0.05, 0) is 64.0 Å². The van der Waals surface area contributed by atoms with Crippen LogP contribution in [0.1, 0.15) is 32.6 Å². The second-order valence-corrected chi connectivity index (χ2v) is 6.08. The van der Waals surface area contributed by atoms with Crippen molar-refractivity contribution in [3.8, 4) is 5.75 Å². The van der Waals surface area contributed by atoms with Crippen molar-refractivity contribution in [1.29, 1.82) is 0 Å². The quantitative estimate of drug-likeness (QED) is 0.829. The maximum Gasteiger partial charge on any atom is 0.120 e. The lowest BCUT2D eigenvalue weighted by molar-refractivity contribution is 0.171. The summed E-state index contributed by atoms with van der Waals surface area (Å²) in [5.74, 6) is 0.967. The first kappa shape index (κ1) is 14.5. The van der Waals surface area contributed by atoms with Gasteiger partial charge in [-0.25, -0.2) is 0 Å². The van der Waals surface area contributed by atoms with Gasteiger partial charge in [-0.3, -0.25) is 0 Å². The van der Waals surface area contributed by atoms with Crippen LogP contribution in [0.2, 0.25) is 0 Å². The SMILES string of the molecule is CCOc1ccc2c(ccn2CCC2CCCCN2C)c1. The molecule has 0 aliphatic carbocycles. The van der Waals surface area contributed by atoms with E-state index in [1.54, 1.807) is 0 Å². The lowest BCUT2D eigenvalue weighted by atomic mass is 10.0. The van der Waals surface area contributed by atoms with Crippen LogP contribution in [0.4, 0.5) is 0 Å². The second-order valence-electron chi connectivity index (χ2n) is 6.08. The van der Waals surface area contributed by atoms with Crippen LogP contribution in [-0.2, 0) is 6.54 Å². The number of aromatic nitrogens is 1. The number of ether oxygens (including phenoxy) is 1. The van der Waals surface area contributed by atoms with Crippen LogP contribution in [0.15, 0.2) is 30.5 Å². The van der Waals surface area contributed by atoms with Gasteiger partial charge in [0.15, 0.2) is 0 Å². The number of hydrogen-bond donors (Lipinski definition) is 0. The molecule has 114 valence electrons. The Morgan fingerprint density at radius 1 is 1.24 bits per heavy atom. The van der Waals surface area contributed by atoms with Gasteiger partial charge < -0.3 is 14.2 Å². The van der Waals surface area contributed by atoms with Crippen molar-refractivity contribution in [2.75, 3.05) is 20.2 Å². The molecule has 1 aromatic heterocycles. The van der Waals surface area contributed by atoms with Crippen LogP contribution in [0.3, 0.4) is 0 Å². The van der Waals surface area contributed by atoms with Crippen LogP contribution < -0.4 is 4.74 Å². The number of likely N-dealkylation sites (tertiary alicyclic amines) is 1. The standard InChI is InChI=1S/C18H26N2O/c1-3-21-17-7-8-18-15(14-17)9-12-20(18)13-10-16-6-4-5-11-19(16)2/h7-9,12,14,16H,3-6,10-11,13H2,1-2H3. The van der Waals surface area contributed by atoms with Crippen molar-refractivity contribution in [2.24, 2.45) is 0 Å². The molecule has 0 bridgehead atoms. The Balaban J connectivity index is 1.69. The Kier molecular flexibility index (Phi) is 4.49. The van der Waals surface area contributed by atoms with Crippen LogP contribution >= 0.6 is 0 Å². The molecule has 0 saturated carbocycles. The van der Waals surface area contributed by atoms with E-state index in [4.69, 9.17) is 4.74 Å². The monoisotopic (exact) mass is 286 g/mol. The molecule has 1 atom stereocenters. The third-order valence-corrected chi connectivity index (χ3v) is 4.68. The van der Waals surface area contributed by atoms with Gasteiger partial charge in [0.05, 0.1) is 6.61 Å². The summed E-state index contributed by atoms with van der Waals surface area (Å²) >= 11 is 0. The topological polar surface area (TPSA) is 17.4 Å². The maximum atomic E-state index is 5.58. The second kappa shape index (κ2) is 6.52. The van der Waals surface area contributed by atoms with E-state index in [0.717, 1.165) is 24.9 Å². The molecule has 2 heterocycles. The fourth-order valence-electron chi connectivity index (χ4n) is 3.43. The molecule has 0 amide bonds. The van der Waals surface area contributed by atoms with E-state index >= 15 is 0 Å². The molecule has 0 radical (unpaired) electrons. The van der Waals surface area contributed by atoms with Gasteiger partial charge in [0.25, 0.3) is 0 Å². The Labute approximate surface area is 127 Å². The van der Waals surface area contributed by atoms with E-state index in [1.165, 1.54) is 43.1 Å². The summed E-state index contributed by atoms with van der Waals surface area (Å²) in [6, 6.07) is 9.35. The van der Waals surface area contributed by atoms with Crippen LogP contribution in [0.5, 0.6) is 5.75 Å². The molecule has 1 saturated heterocycles. The molecule has 1 aliphatic heterocycles. The van der Waals surface area contributed by atoms with Crippen molar-refractivity contribution in [2.45, 2.75) is 45.2 Å². The number of piperidine rings is 1. The summed E-state index contributed by atoms with van der Waals surface area (Å²) in [7, 11) is 2.27. The van der Waals surface area contributed by atoms with Crippen molar-refractivity contribution in [3.63, 3.8) is 0 Å². The average Bonchev–Trinajstić information content (AvgIpc) is 2.89. The number of benzene rings is 1. The third-order valence-electron chi connectivity index (χ3n) is 4.68. The van der Waals surface area contributed by atoms with Crippen LogP contribution in [0, 0.1) is 0 Å². The predicted molar refractivity (Wildman–Crippen MR) is 88.0 cm³/mol. The lowest BCUT2D eigenvalue weighted by Gasteiger charge is -2.32. The molecule has 3 nitrogen and oxygen atoms in total. The third kappa shape index (κ3) is 3.24. The molecule has 1 aliphatic rings. The summed E-state index contributed by atoms with van der Waals surface area (Å²) in [6.45, 7) is 5.11. The van der Waals surface area contributed by atoms with Crippen molar-refractivity contribution in [3.05, 3.63) is 30.5 Å². The van der Waals surface area contributed by atoms with Crippen LogP contribution in [0.25, 0.3) is 10.9 Å². The minimum absolute atomic E-state index is 0.722. The summed E-state index contributed by atoms with van der Waals surface area (Å²) in [4.78, 5) is 2.53. The van der Waals surface area contributed by atoms with E-state index in [-0.39, 0.29) is 0 Å². The first-order valence-electron chi connectivity index (χ1n) is 8.20. The van der Waals surface area contributed by atoms with E-state index in [0.29, 0.717) is 0 Å². The fourth-order valence-corrected chi connectivity index (χ4v) is 3.43. The fraction of sp³-hybridized carbons (Fsp3) is 0.556. The Morgan fingerprint density at radius 3 is 2.95 bits per heavy atom. The zero-order valence-corrected chi connectivity index (χ0v) is 13.2. The molecule has 0 N–H and O–H groups in total. The number of fused-ring (bicyclic) bond motifs is 1. The van der Waals surface area contributed by atoms with Crippen molar-refractivity contribution >= 4 is 10.9 Å². The molecule has 21 heavy (non-hydrogen) atoms. The Hall–Kier alpha value is -1.48. The van der Waals surface area contributed by atoms with E-state index in [9.17, 15) is 0 Å². The minimum atomic E-state index is 0.722. The minimum Gasteiger partial charge on any atom is -0.494 e. The molecule has 0 spiro atoms. The van der Waals surface area contributed by atoms with Crippen molar-refractivity contribution in [1.82, 2.24) is 9.47 Å². The molecule has 1 aromatic carbocycles. The Bertz CT molecular complexity index is 590. The molecule has 3 heteroatoms. The summed E-state index contributed by atoms with van der Waals surface area (Å²) < 4.78 is 7.96. The molecular formula is C18H26N2O. The molecule has 2 aromatic rings. The van der Waals surface area contributed by atoms with Gasteiger partial charge in [-0.1, -0.05) is 6.42 Å². The van der Waals surface area contributed by atoms with Gasteiger partial charge in [-0.15, -0.1) is 0 Å². The van der Waals surface area contributed by atoms with Gasteiger partial charge in [0.2, 0.25) is 0 Å². The molecule has 3 rings (SSSR count). The summed E-state index contributed by atoms with van der Waals surface area (Å²) in [5, 5.41) is 1.28. The van der Waals surface area contributed by atoms with E-state index in [1.807, 2.05) is 6.92 Å². The predicted octanol–water partition coefficient (Wildman–Crippen LogP) is 3.91. The number of nitrogens with zero attached hydrogens (tertiary/aromatic N) is 2. The van der Waals surface area contributed by atoms with E-state index < -0.39 is 0 Å². The lowest BCUT2D eigenvalue weighted by Crippen LogP contribution is -2.36. The number of aryl methyl sites for hydroxylation is 1. The Morgan fingerprint density at radius 2 is 2.14 bits per heavy atom. The average molecular weight is 286 g/mol. The molecule has 1 unspecified atom stereocenters. The highest BCUT2D eigenvalue weighted by atomic mass is 16.5. The first-order chi connectivity index (χ1) is 10.3. The zero-order chi connectivity index (χ0) is 14.7. The highest BCUT2D eigenvalue weighted by Crippen LogP contribution is 2.24. The highest BCUT2D eigenvalue weighted by molar-refractivity contribution is 5.81. The zero-order valence-electron chi connectivity index (χ0n) is 13.2. The number of hydrogen-bond acceptors (Lipinski definition) is 2. The molecular weight excluding hydrogens is 260 g/mol. The first-order valence-corrected chi connectivity index (χ1v) is 8.20. The number of rotatable bonds is 5.